The highest BCUT2D eigenvalue weighted by molar-refractivity contribution is 5.56. The van der Waals surface area contributed by atoms with E-state index in [0.717, 1.165) is 18.0 Å². The molecule has 0 bridgehead atoms. The van der Waals surface area contributed by atoms with Gasteiger partial charge in [0, 0.05) is 31.9 Å². The summed E-state index contributed by atoms with van der Waals surface area (Å²) in [6.45, 7) is 0.543. The highest BCUT2D eigenvalue weighted by Gasteiger charge is 2.04. The van der Waals surface area contributed by atoms with Gasteiger partial charge in [-0.15, -0.1) is 0 Å². The van der Waals surface area contributed by atoms with Gasteiger partial charge in [0.2, 0.25) is 0 Å². The maximum absolute atomic E-state index is 5.86. The Morgan fingerprint density at radius 3 is 2.83 bits per heavy atom. The van der Waals surface area contributed by atoms with Crippen molar-refractivity contribution in [2.24, 2.45) is 7.05 Å². The molecule has 0 saturated carbocycles. The van der Waals surface area contributed by atoms with Crippen LogP contribution in [-0.2, 0) is 13.5 Å². The second kappa shape index (κ2) is 5.44. The fourth-order valence-corrected chi connectivity index (χ4v) is 1.67. The quantitative estimate of drug-likeness (QED) is 0.816. The van der Waals surface area contributed by atoms with Crippen LogP contribution in [0.2, 0.25) is 0 Å². The summed E-state index contributed by atoms with van der Waals surface area (Å²) in [7, 11) is 3.57. The zero-order chi connectivity index (χ0) is 13.0. The minimum absolute atomic E-state index is 0.543. The number of benzene rings is 1. The van der Waals surface area contributed by atoms with Crippen molar-refractivity contribution in [3.05, 3.63) is 36.4 Å². The van der Waals surface area contributed by atoms with Gasteiger partial charge in [-0.2, -0.15) is 0 Å². The molecule has 0 aliphatic rings. The number of nitrogens with zero attached hydrogens (tertiary/aromatic N) is 2. The van der Waals surface area contributed by atoms with Crippen molar-refractivity contribution in [3.8, 4) is 11.5 Å². The topological polar surface area (TPSA) is 62.3 Å². The molecule has 0 amide bonds. The Balaban J connectivity index is 1.92. The summed E-state index contributed by atoms with van der Waals surface area (Å²) >= 11 is 0. The van der Waals surface area contributed by atoms with Crippen LogP contribution < -0.4 is 15.2 Å². The molecule has 0 spiro atoms. The molecule has 1 aromatic carbocycles. The third kappa shape index (κ3) is 2.74. The molecule has 0 aliphatic carbocycles. The van der Waals surface area contributed by atoms with E-state index in [-0.39, 0.29) is 0 Å². The molecule has 0 unspecified atom stereocenters. The Morgan fingerprint density at radius 1 is 1.39 bits per heavy atom. The van der Waals surface area contributed by atoms with E-state index in [1.54, 1.807) is 19.4 Å². The smallest absolute Gasteiger partial charge is 0.142 e. The number of hydrogen-bond acceptors (Lipinski definition) is 4. The molecule has 0 saturated heterocycles. The van der Waals surface area contributed by atoms with Crippen molar-refractivity contribution in [3.63, 3.8) is 0 Å². The van der Waals surface area contributed by atoms with Gasteiger partial charge in [-0.3, -0.25) is 0 Å². The number of aryl methyl sites for hydroxylation is 1. The van der Waals surface area contributed by atoms with Crippen LogP contribution in [0.5, 0.6) is 11.5 Å². The van der Waals surface area contributed by atoms with E-state index in [0.29, 0.717) is 18.0 Å². The van der Waals surface area contributed by atoms with Crippen LogP contribution in [0.25, 0.3) is 0 Å². The van der Waals surface area contributed by atoms with Crippen molar-refractivity contribution >= 4 is 5.69 Å². The fraction of sp³-hybridized carbons (Fsp3) is 0.308. The fourth-order valence-electron chi connectivity index (χ4n) is 1.67. The number of anilines is 1. The van der Waals surface area contributed by atoms with E-state index >= 15 is 0 Å². The van der Waals surface area contributed by atoms with Gasteiger partial charge < -0.3 is 19.8 Å². The van der Waals surface area contributed by atoms with E-state index in [4.69, 9.17) is 15.2 Å². The Morgan fingerprint density at radius 2 is 2.22 bits per heavy atom. The average Bonchev–Trinajstić information content (AvgIpc) is 2.77. The maximum Gasteiger partial charge on any atom is 0.142 e. The number of methoxy groups -OCH3 is 1. The van der Waals surface area contributed by atoms with E-state index < -0.39 is 0 Å². The number of ether oxygens (including phenoxy) is 2. The second-order valence-corrected chi connectivity index (χ2v) is 3.96. The van der Waals surface area contributed by atoms with Crippen molar-refractivity contribution in [1.82, 2.24) is 9.55 Å². The summed E-state index contributed by atoms with van der Waals surface area (Å²) in [5, 5.41) is 0. The van der Waals surface area contributed by atoms with E-state index in [1.165, 1.54) is 0 Å². The Labute approximate surface area is 106 Å². The molecule has 2 aromatic rings. The predicted octanol–water partition coefficient (Wildman–Crippen LogP) is 1.63. The number of aromatic nitrogens is 2. The van der Waals surface area contributed by atoms with Crippen LogP contribution in [-0.4, -0.2) is 23.3 Å². The van der Waals surface area contributed by atoms with Crippen LogP contribution in [0.3, 0.4) is 0 Å². The molecule has 1 aromatic heterocycles. The molecule has 96 valence electrons. The highest BCUT2D eigenvalue weighted by atomic mass is 16.5. The zero-order valence-electron chi connectivity index (χ0n) is 10.6. The van der Waals surface area contributed by atoms with Gasteiger partial charge in [-0.1, -0.05) is 0 Å². The van der Waals surface area contributed by atoms with Gasteiger partial charge in [0.05, 0.1) is 19.4 Å². The van der Waals surface area contributed by atoms with Crippen molar-refractivity contribution in [1.29, 1.82) is 0 Å². The first kappa shape index (κ1) is 12.3. The van der Waals surface area contributed by atoms with E-state index in [1.807, 2.05) is 29.9 Å². The van der Waals surface area contributed by atoms with Crippen LogP contribution in [0.1, 0.15) is 5.82 Å². The van der Waals surface area contributed by atoms with Crippen molar-refractivity contribution < 1.29 is 9.47 Å². The lowest BCUT2D eigenvalue weighted by Gasteiger charge is -2.10. The predicted molar refractivity (Wildman–Crippen MR) is 69.8 cm³/mol. The van der Waals surface area contributed by atoms with Crippen LogP contribution in [0.15, 0.2) is 30.6 Å². The van der Waals surface area contributed by atoms with Gasteiger partial charge in [-0.25, -0.2) is 4.98 Å². The summed E-state index contributed by atoms with van der Waals surface area (Å²) in [6, 6.07) is 5.38. The number of rotatable bonds is 5. The maximum atomic E-state index is 5.86. The Kier molecular flexibility index (Phi) is 3.72. The first-order chi connectivity index (χ1) is 8.70. The number of imidazole rings is 1. The Hall–Kier alpha value is -2.17. The van der Waals surface area contributed by atoms with E-state index in [9.17, 15) is 0 Å². The molecular formula is C13H17N3O2. The molecule has 18 heavy (non-hydrogen) atoms. The monoisotopic (exact) mass is 247 g/mol. The summed E-state index contributed by atoms with van der Waals surface area (Å²) in [4.78, 5) is 4.23. The number of hydrogen-bond donors (Lipinski definition) is 1. The minimum Gasteiger partial charge on any atom is -0.497 e. The lowest BCUT2D eigenvalue weighted by atomic mass is 10.3. The molecule has 2 N–H and O–H groups in total. The average molecular weight is 247 g/mol. The molecular weight excluding hydrogens is 230 g/mol. The lowest BCUT2D eigenvalue weighted by molar-refractivity contribution is 0.318. The zero-order valence-corrected chi connectivity index (χ0v) is 10.6. The van der Waals surface area contributed by atoms with Gasteiger partial charge in [0.25, 0.3) is 0 Å². The van der Waals surface area contributed by atoms with Crippen molar-refractivity contribution in [2.75, 3.05) is 19.5 Å². The molecule has 0 atom stereocenters. The summed E-state index contributed by atoms with van der Waals surface area (Å²) < 4.78 is 12.7. The number of nitrogen functional groups attached to an aromatic ring is 1. The van der Waals surface area contributed by atoms with Crippen molar-refractivity contribution in [2.45, 2.75) is 6.42 Å². The van der Waals surface area contributed by atoms with Gasteiger partial charge >= 0.3 is 0 Å². The van der Waals surface area contributed by atoms with Gasteiger partial charge in [0.1, 0.15) is 17.3 Å². The van der Waals surface area contributed by atoms with Crippen LogP contribution in [0.4, 0.5) is 5.69 Å². The first-order valence-electron chi connectivity index (χ1n) is 5.73. The minimum atomic E-state index is 0.543. The molecule has 0 aliphatic heterocycles. The Bertz CT molecular complexity index is 523. The molecule has 1 heterocycles. The molecule has 0 radical (unpaired) electrons. The molecule has 2 rings (SSSR count). The standard InChI is InChI=1S/C13H17N3O2/c1-16-7-6-15-13(16)5-8-18-12-4-3-10(17-2)9-11(12)14/h3-4,6-7,9H,5,8,14H2,1-2H3. The largest absolute Gasteiger partial charge is 0.497 e. The molecule has 5 nitrogen and oxygen atoms in total. The highest BCUT2D eigenvalue weighted by Crippen LogP contribution is 2.26. The second-order valence-electron chi connectivity index (χ2n) is 3.96. The normalized spacial score (nSPS) is 10.3. The molecule has 5 heteroatoms. The first-order valence-corrected chi connectivity index (χ1v) is 5.73. The lowest BCUT2D eigenvalue weighted by Crippen LogP contribution is -2.07. The van der Waals surface area contributed by atoms with Crippen LogP contribution in [0, 0.1) is 0 Å². The van der Waals surface area contributed by atoms with E-state index in [2.05, 4.69) is 4.98 Å². The third-order valence-corrected chi connectivity index (χ3v) is 2.72. The van der Waals surface area contributed by atoms with Crippen LogP contribution >= 0.6 is 0 Å². The number of nitrogens with two attached hydrogens (primary N) is 1. The van der Waals surface area contributed by atoms with Gasteiger partial charge in [0.15, 0.2) is 0 Å². The summed E-state index contributed by atoms with van der Waals surface area (Å²) in [6.07, 6.45) is 4.43. The SMILES string of the molecule is COc1ccc(OCCc2nccn2C)c(N)c1. The summed E-state index contributed by atoms with van der Waals surface area (Å²) in [5.74, 6) is 2.39. The third-order valence-electron chi connectivity index (χ3n) is 2.72. The summed E-state index contributed by atoms with van der Waals surface area (Å²) in [5.41, 5.74) is 6.44. The van der Waals surface area contributed by atoms with Gasteiger partial charge in [-0.05, 0) is 12.1 Å². The molecule has 0 fully saturated rings.